The number of amides is 3. The predicted molar refractivity (Wildman–Crippen MR) is 105 cm³/mol. The molecule has 0 aliphatic carbocycles. The van der Waals surface area contributed by atoms with Gasteiger partial charge in [-0.25, -0.2) is 0 Å². The predicted octanol–water partition coefficient (Wildman–Crippen LogP) is 1.52. The highest BCUT2D eigenvalue weighted by atomic mass is 16.2. The number of carbonyl (C=O) groups is 3. The minimum Gasteiger partial charge on any atom is -0.354 e. The maximum atomic E-state index is 12.9. The zero-order valence-corrected chi connectivity index (χ0v) is 17.3. The molecule has 1 aromatic rings. The Balaban J connectivity index is 1.79. The van der Waals surface area contributed by atoms with E-state index in [9.17, 15) is 14.4 Å². The van der Waals surface area contributed by atoms with Crippen LogP contribution in [0.3, 0.4) is 0 Å². The van der Waals surface area contributed by atoms with Gasteiger partial charge in [-0.3, -0.25) is 19.1 Å². The Bertz CT molecular complexity index is 766. The molecule has 1 atom stereocenters. The second-order valence-corrected chi connectivity index (χ2v) is 8.50. The molecule has 2 aliphatic rings. The molecule has 1 aromatic heterocycles. The van der Waals surface area contributed by atoms with Crippen molar-refractivity contribution in [3.05, 3.63) is 17.5 Å². The fourth-order valence-electron chi connectivity index (χ4n) is 3.76. The smallest absolute Gasteiger partial charge is 0.274 e. The Morgan fingerprint density at radius 1 is 1.25 bits per heavy atom. The summed E-state index contributed by atoms with van der Waals surface area (Å²) in [5.41, 5.74) is -0.406. The summed E-state index contributed by atoms with van der Waals surface area (Å²) in [6.07, 6.45) is 4.00. The molecule has 8 nitrogen and oxygen atoms in total. The summed E-state index contributed by atoms with van der Waals surface area (Å²) < 4.78 is 1.52. The molecule has 0 saturated carbocycles. The van der Waals surface area contributed by atoms with Crippen LogP contribution in [0.25, 0.3) is 0 Å². The van der Waals surface area contributed by atoms with Crippen LogP contribution < -0.4 is 5.32 Å². The quantitative estimate of drug-likeness (QED) is 0.827. The number of likely N-dealkylation sites (N-methyl/N-ethyl adjacent to an activating group) is 1. The van der Waals surface area contributed by atoms with E-state index >= 15 is 0 Å². The van der Waals surface area contributed by atoms with Crippen molar-refractivity contribution >= 4 is 17.7 Å². The summed E-state index contributed by atoms with van der Waals surface area (Å²) in [6, 6.07) is 1.56. The SMILES string of the molecule is CC(C)CCNC(=O)C1(C)Cn2nc(C(=O)N3CCCCC3)cc2C(=O)N1C. The number of hydrogen-bond acceptors (Lipinski definition) is 4. The van der Waals surface area contributed by atoms with Gasteiger partial charge in [0.15, 0.2) is 5.69 Å². The Hall–Kier alpha value is -2.38. The number of likely N-dealkylation sites (tertiary alicyclic amines) is 1. The van der Waals surface area contributed by atoms with Gasteiger partial charge in [0.25, 0.3) is 11.8 Å². The van der Waals surface area contributed by atoms with E-state index in [1.54, 1.807) is 24.9 Å². The molecule has 2 aliphatic heterocycles. The molecular formula is C20H31N5O3. The highest BCUT2D eigenvalue weighted by Gasteiger charge is 2.46. The minimum atomic E-state index is -1.04. The third-order valence-electron chi connectivity index (χ3n) is 5.86. The summed E-state index contributed by atoms with van der Waals surface area (Å²) in [4.78, 5) is 41.7. The first kappa shape index (κ1) is 20.4. The number of aromatic nitrogens is 2. The van der Waals surface area contributed by atoms with Crippen molar-refractivity contribution in [1.82, 2.24) is 24.9 Å². The maximum absolute atomic E-state index is 12.9. The van der Waals surface area contributed by atoms with Gasteiger partial charge in [0, 0.05) is 32.7 Å². The highest BCUT2D eigenvalue weighted by molar-refractivity contribution is 6.01. The lowest BCUT2D eigenvalue weighted by Gasteiger charge is -2.40. The summed E-state index contributed by atoms with van der Waals surface area (Å²) in [5, 5.41) is 7.33. The largest absolute Gasteiger partial charge is 0.354 e. The second kappa shape index (κ2) is 7.93. The van der Waals surface area contributed by atoms with Crippen molar-refractivity contribution in [2.24, 2.45) is 5.92 Å². The first-order valence-electron chi connectivity index (χ1n) is 10.2. The Morgan fingerprint density at radius 2 is 1.93 bits per heavy atom. The summed E-state index contributed by atoms with van der Waals surface area (Å²) >= 11 is 0. The number of hydrogen-bond donors (Lipinski definition) is 1. The summed E-state index contributed by atoms with van der Waals surface area (Å²) in [5.74, 6) is -0.146. The molecule has 0 bridgehead atoms. The molecule has 154 valence electrons. The van der Waals surface area contributed by atoms with Crippen molar-refractivity contribution in [2.45, 2.75) is 58.5 Å². The van der Waals surface area contributed by atoms with Crippen molar-refractivity contribution in [3.8, 4) is 0 Å². The fraction of sp³-hybridized carbons (Fsp3) is 0.700. The average molecular weight is 390 g/mol. The summed E-state index contributed by atoms with van der Waals surface area (Å²) in [6.45, 7) is 8.19. The third kappa shape index (κ3) is 3.77. The monoisotopic (exact) mass is 389 g/mol. The van der Waals surface area contributed by atoms with Crippen LogP contribution in [0.5, 0.6) is 0 Å². The van der Waals surface area contributed by atoms with Gasteiger partial charge in [-0.2, -0.15) is 5.10 Å². The molecule has 3 rings (SSSR count). The first-order valence-corrected chi connectivity index (χ1v) is 10.2. The van der Waals surface area contributed by atoms with Gasteiger partial charge in [0.2, 0.25) is 5.91 Å². The summed E-state index contributed by atoms with van der Waals surface area (Å²) in [7, 11) is 1.63. The first-order chi connectivity index (χ1) is 13.2. The normalized spacial score (nSPS) is 22.4. The molecule has 3 heterocycles. The Morgan fingerprint density at radius 3 is 2.57 bits per heavy atom. The van der Waals surface area contributed by atoms with E-state index in [1.807, 2.05) is 0 Å². The second-order valence-electron chi connectivity index (χ2n) is 8.50. The fourth-order valence-corrected chi connectivity index (χ4v) is 3.76. The number of nitrogens with one attached hydrogen (secondary N) is 1. The van der Waals surface area contributed by atoms with Crippen LogP contribution in [0.4, 0.5) is 0 Å². The van der Waals surface area contributed by atoms with Crippen LogP contribution in [-0.4, -0.2) is 69.5 Å². The minimum absolute atomic E-state index is 0.139. The highest BCUT2D eigenvalue weighted by Crippen LogP contribution is 2.26. The zero-order chi connectivity index (χ0) is 20.5. The van der Waals surface area contributed by atoms with Gasteiger partial charge in [0.05, 0.1) is 6.54 Å². The molecular weight excluding hydrogens is 358 g/mol. The van der Waals surface area contributed by atoms with Crippen LogP contribution >= 0.6 is 0 Å². The molecule has 28 heavy (non-hydrogen) atoms. The molecule has 1 saturated heterocycles. The molecule has 1 N–H and O–H groups in total. The molecule has 8 heteroatoms. The van der Waals surface area contributed by atoms with Crippen molar-refractivity contribution < 1.29 is 14.4 Å². The maximum Gasteiger partial charge on any atom is 0.274 e. The van der Waals surface area contributed by atoms with Crippen molar-refractivity contribution in [1.29, 1.82) is 0 Å². The number of nitrogens with zero attached hydrogens (tertiary/aromatic N) is 4. The van der Waals surface area contributed by atoms with E-state index in [0.29, 0.717) is 18.2 Å². The van der Waals surface area contributed by atoms with Gasteiger partial charge >= 0.3 is 0 Å². The molecule has 1 unspecified atom stereocenters. The van der Waals surface area contributed by atoms with Gasteiger partial charge in [-0.05, 0) is 38.5 Å². The van der Waals surface area contributed by atoms with Crippen molar-refractivity contribution in [2.75, 3.05) is 26.7 Å². The standard InChI is InChI=1S/C20H31N5O3/c1-14(2)8-9-21-19(28)20(3)13-25-16(18(27)23(20)4)12-15(22-25)17(26)24-10-6-5-7-11-24/h12,14H,5-11,13H2,1-4H3,(H,21,28). The number of piperidine rings is 1. The molecule has 0 radical (unpaired) electrons. The van der Waals surface area contributed by atoms with E-state index in [0.717, 1.165) is 38.8 Å². The van der Waals surface area contributed by atoms with Crippen LogP contribution in [0.15, 0.2) is 6.07 Å². The van der Waals surface area contributed by atoms with Crippen LogP contribution in [-0.2, 0) is 11.3 Å². The van der Waals surface area contributed by atoms with E-state index in [2.05, 4.69) is 24.3 Å². The van der Waals surface area contributed by atoms with Gasteiger partial charge in [-0.1, -0.05) is 13.8 Å². The average Bonchev–Trinajstić information content (AvgIpc) is 3.09. The lowest BCUT2D eigenvalue weighted by Crippen LogP contribution is -2.62. The molecule has 3 amide bonds. The van der Waals surface area contributed by atoms with E-state index in [-0.39, 0.29) is 30.0 Å². The number of fused-ring (bicyclic) bond motifs is 1. The van der Waals surface area contributed by atoms with E-state index in [1.165, 1.54) is 9.58 Å². The molecule has 1 fully saturated rings. The van der Waals surface area contributed by atoms with Crippen molar-refractivity contribution in [3.63, 3.8) is 0 Å². The number of carbonyl (C=O) groups excluding carboxylic acids is 3. The molecule has 0 spiro atoms. The lowest BCUT2D eigenvalue weighted by molar-refractivity contribution is -0.132. The van der Waals surface area contributed by atoms with Crippen LogP contribution in [0.2, 0.25) is 0 Å². The van der Waals surface area contributed by atoms with Crippen LogP contribution in [0, 0.1) is 5.92 Å². The lowest BCUT2D eigenvalue weighted by atomic mass is 9.95. The topological polar surface area (TPSA) is 87.5 Å². The van der Waals surface area contributed by atoms with Crippen LogP contribution in [0.1, 0.15) is 67.4 Å². The van der Waals surface area contributed by atoms with Gasteiger partial charge < -0.3 is 15.1 Å². The Kier molecular flexibility index (Phi) is 5.76. The Labute approximate surface area is 166 Å². The van der Waals surface area contributed by atoms with Gasteiger partial charge in [0.1, 0.15) is 11.2 Å². The van der Waals surface area contributed by atoms with Gasteiger partial charge in [-0.15, -0.1) is 0 Å². The molecule has 0 aromatic carbocycles. The number of rotatable bonds is 5. The van der Waals surface area contributed by atoms with E-state index < -0.39 is 5.54 Å². The zero-order valence-electron chi connectivity index (χ0n) is 17.3. The van der Waals surface area contributed by atoms with E-state index in [4.69, 9.17) is 0 Å². The third-order valence-corrected chi connectivity index (χ3v) is 5.86.